The first kappa shape index (κ1) is 13.3. The van der Waals surface area contributed by atoms with Gasteiger partial charge in [-0.1, -0.05) is 0 Å². The summed E-state index contributed by atoms with van der Waals surface area (Å²) in [7, 11) is 2.05. The van der Waals surface area contributed by atoms with Gasteiger partial charge in [-0.15, -0.1) is 0 Å². The number of aliphatic hydroxyl groups excluding tert-OH is 1. The minimum Gasteiger partial charge on any atom is -0.393 e. The predicted octanol–water partition coefficient (Wildman–Crippen LogP) is 0.314. The van der Waals surface area contributed by atoms with Crippen molar-refractivity contribution in [2.75, 3.05) is 39.9 Å². The molecule has 2 aliphatic rings. The Balaban J connectivity index is 1.80. The number of likely N-dealkylation sites (tertiary alicyclic amines) is 1. The lowest BCUT2D eigenvalue weighted by Crippen LogP contribution is -2.46. The molecule has 0 amide bonds. The fraction of sp³-hybridized carbons (Fsp3) is 1.00. The van der Waals surface area contributed by atoms with Crippen molar-refractivity contribution in [3.63, 3.8) is 0 Å². The van der Waals surface area contributed by atoms with Crippen LogP contribution in [0.3, 0.4) is 0 Å². The molecule has 4 unspecified atom stereocenters. The number of aliphatic hydroxyl groups is 1. The first-order valence-electron chi connectivity index (χ1n) is 6.86. The molecule has 0 spiro atoms. The van der Waals surface area contributed by atoms with Gasteiger partial charge in [-0.25, -0.2) is 0 Å². The lowest BCUT2D eigenvalue weighted by atomic mass is 9.95. The van der Waals surface area contributed by atoms with Crippen molar-refractivity contribution in [3.8, 4) is 0 Å². The highest BCUT2D eigenvalue weighted by Gasteiger charge is 2.31. The number of ether oxygens (including phenoxy) is 1. The molecule has 2 aliphatic heterocycles. The van der Waals surface area contributed by atoms with Crippen LogP contribution in [0.2, 0.25) is 0 Å². The van der Waals surface area contributed by atoms with Crippen molar-refractivity contribution in [1.29, 1.82) is 0 Å². The summed E-state index contributed by atoms with van der Waals surface area (Å²) in [6.07, 6.45) is 2.09. The topological polar surface area (TPSA) is 44.7 Å². The quantitative estimate of drug-likeness (QED) is 0.745. The third-order valence-corrected chi connectivity index (χ3v) is 4.33. The van der Waals surface area contributed by atoms with Gasteiger partial charge in [0.1, 0.15) is 0 Å². The first-order valence-corrected chi connectivity index (χ1v) is 6.86. The zero-order chi connectivity index (χ0) is 12.3. The maximum atomic E-state index is 9.61. The Hall–Kier alpha value is -0.160. The second-order valence-corrected chi connectivity index (χ2v) is 5.57. The minimum absolute atomic E-state index is 0.164. The van der Waals surface area contributed by atoms with Gasteiger partial charge in [-0.05, 0) is 39.3 Å². The second-order valence-electron chi connectivity index (χ2n) is 5.57. The van der Waals surface area contributed by atoms with Gasteiger partial charge in [0.05, 0.1) is 12.7 Å². The molecule has 2 heterocycles. The Labute approximate surface area is 104 Å². The van der Waals surface area contributed by atoms with Crippen molar-refractivity contribution in [2.24, 2.45) is 11.8 Å². The summed E-state index contributed by atoms with van der Waals surface area (Å²) in [6.45, 7) is 6.95. The largest absolute Gasteiger partial charge is 0.393 e. The monoisotopic (exact) mass is 242 g/mol. The average Bonchev–Trinajstić information content (AvgIpc) is 2.78. The van der Waals surface area contributed by atoms with E-state index in [1.54, 1.807) is 0 Å². The number of nitrogens with one attached hydrogen (secondary N) is 1. The maximum Gasteiger partial charge on any atom is 0.0552 e. The Kier molecular flexibility index (Phi) is 4.79. The van der Waals surface area contributed by atoms with Crippen molar-refractivity contribution in [3.05, 3.63) is 0 Å². The fourth-order valence-corrected chi connectivity index (χ4v) is 3.11. The average molecular weight is 242 g/mol. The molecule has 0 aromatic carbocycles. The second kappa shape index (κ2) is 6.14. The van der Waals surface area contributed by atoms with E-state index in [0.29, 0.717) is 17.9 Å². The van der Waals surface area contributed by atoms with Crippen LogP contribution in [0.4, 0.5) is 0 Å². The van der Waals surface area contributed by atoms with Crippen LogP contribution in [0.25, 0.3) is 0 Å². The summed E-state index contributed by atoms with van der Waals surface area (Å²) in [5.74, 6) is 1.06. The zero-order valence-electron chi connectivity index (χ0n) is 11.1. The molecule has 4 atom stereocenters. The van der Waals surface area contributed by atoms with Gasteiger partial charge in [-0.3, -0.25) is 0 Å². The highest BCUT2D eigenvalue weighted by molar-refractivity contribution is 4.85. The number of nitrogens with zero attached hydrogens (tertiary/aromatic N) is 1. The standard InChI is InChI=1S/C13H26N2O2/c1-10(16)11-3-5-15(7-11)8-12-9-17-6-4-13(12)14-2/h10-14,16H,3-9H2,1-2H3. The Morgan fingerprint density at radius 3 is 2.94 bits per heavy atom. The number of hydrogen-bond acceptors (Lipinski definition) is 4. The lowest BCUT2D eigenvalue weighted by Gasteiger charge is -2.34. The molecule has 0 bridgehead atoms. The number of hydrogen-bond donors (Lipinski definition) is 2. The zero-order valence-corrected chi connectivity index (χ0v) is 11.1. The van der Waals surface area contributed by atoms with Crippen molar-refractivity contribution in [2.45, 2.75) is 31.9 Å². The molecule has 2 saturated heterocycles. The first-order chi connectivity index (χ1) is 8.20. The predicted molar refractivity (Wildman–Crippen MR) is 68.0 cm³/mol. The Morgan fingerprint density at radius 1 is 1.47 bits per heavy atom. The van der Waals surface area contributed by atoms with E-state index >= 15 is 0 Å². The number of rotatable bonds is 4. The molecule has 17 heavy (non-hydrogen) atoms. The van der Waals surface area contributed by atoms with Gasteiger partial charge < -0.3 is 20.1 Å². The van der Waals surface area contributed by atoms with E-state index in [1.165, 1.54) is 0 Å². The Morgan fingerprint density at radius 2 is 2.29 bits per heavy atom. The minimum atomic E-state index is -0.164. The molecular weight excluding hydrogens is 216 g/mol. The molecule has 2 rings (SSSR count). The summed E-state index contributed by atoms with van der Waals surface area (Å²) in [5, 5.41) is 13.0. The lowest BCUT2D eigenvalue weighted by molar-refractivity contribution is 0.0200. The van der Waals surface area contributed by atoms with Crippen LogP contribution in [-0.2, 0) is 4.74 Å². The van der Waals surface area contributed by atoms with Crippen LogP contribution in [0.1, 0.15) is 19.8 Å². The summed E-state index contributed by atoms with van der Waals surface area (Å²) in [6, 6.07) is 0.592. The van der Waals surface area contributed by atoms with Gasteiger partial charge in [-0.2, -0.15) is 0 Å². The molecule has 0 aliphatic carbocycles. The van der Waals surface area contributed by atoms with Gasteiger partial charge in [0.15, 0.2) is 0 Å². The van der Waals surface area contributed by atoms with Crippen LogP contribution in [0.5, 0.6) is 0 Å². The molecule has 4 heteroatoms. The van der Waals surface area contributed by atoms with E-state index in [0.717, 1.165) is 45.7 Å². The molecule has 4 nitrogen and oxygen atoms in total. The molecule has 0 saturated carbocycles. The summed E-state index contributed by atoms with van der Waals surface area (Å²) >= 11 is 0. The molecule has 0 aromatic rings. The van der Waals surface area contributed by atoms with E-state index in [1.807, 2.05) is 14.0 Å². The van der Waals surface area contributed by atoms with Gasteiger partial charge in [0.25, 0.3) is 0 Å². The van der Waals surface area contributed by atoms with E-state index in [2.05, 4.69) is 10.2 Å². The molecular formula is C13H26N2O2. The van der Waals surface area contributed by atoms with E-state index < -0.39 is 0 Å². The summed E-state index contributed by atoms with van der Waals surface area (Å²) < 4.78 is 5.58. The normalized spacial score (nSPS) is 37.2. The molecule has 0 aromatic heterocycles. The molecule has 100 valence electrons. The maximum absolute atomic E-state index is 9.61. The molecule has 0 radical (unpaired) electrons. The summed E-state index contributed by atoms with van der Waals surface area (Å²) in [4.78, 5) is 2.49. The van der Waals surface area contributed by atoms with Gasteiger partial charge in [0, 0.05) is 31.7 Å². The van der Waals surface area contributed by atoms with E-state index in [9.17, 15) is 5.11 Å². The SMILES string of the molecule is CNC1CCOCC1CN1CCC(C(C)O)C1. The molecule has 2 fully saturated rings. The van der Waals surface area contributed by atoms with Crippen LogP contribution in [-0.4, -0.2) is 62.0 Å². The highest BCUT2D eigenvalue weighted by atomic mass is 16.5. The van der Waals surface area contributed by atoms with Gasteiger partial charge in [0.2, 0.25) is 0 Å². The van der Waals surface area contributed by atoms with Gasteiger partial charge >= 0.3 is 0 Å². The third kappa shape index (κ3) is 3.41. The van der Waals surface area contributed by atoms with Crippen molar-refractivity contribution >= 4 is 0 Å². The van der Waals surface area contributed by atoms with Crippen molar-refractivity contribution in [1.82, 2.24) is 10.2 Å². The van der Waals surface area contributed by atoms with E-state index in [4.69, 9.17) is 4.74 Å². The van der Waals surface area contributed by atoms with Crippen molar-refractivity contribution < 1.29 is 9.84 Å². The smallest absolute Gasteiger partial charge is 0.0552 e. The summed E-state index contributed by atoms with van der Waals surface area (Å²) in [5.41, 5.74) is 0. The molecule has 2 N–H and O–H groups in total. The van der Waals surface area contributed by atoms with Crippen LogP contribution in [0.15, 0.2) is 0 Å². The third-order valence-electron chi connectivity index (χ3n) is 4.33. The van der Waals surface area contributed by atoms with E-state index in [-0.39, 0.29) is 6.10 Å². The van der Waals surface area contributed by atoms with Crippen LogP contribution in [0, 0.1) is 11.8 Å². The van der Waals surface area contributed by atoms with Crippen LogP contribution >= 0.6 is 0 Å². The Bertz CT molecular complexity index is 235. The fourth-order valence-electron chi connectivity index (χ4n) is 3.11. The van der Waals surface area contributed by atoms with Crippen LogP contribution < -0.4 is 5.32 Å². The highest BCUT2D eigenvalue weighted by Crippen LogP contribution is 2.23.